The van der Waals surface area contributed by atoms with Crippen LogP contribution in [-0.4, -0.2) is 46.9 Å². The van der Waals surface area contributed by atoms with Gasteiger partial charge in [0.25, 0.3) is 0 Å². The van der Waals surface area contributed by atoms with Crippen LogP contribution in [0.4, 0.5) is 0 Å². The first-order valence-corrected chi connectivity index (χ1v) is 8.80. The van der Waals surface area contributed by atoms with Crippen molar-refractivity contribution >= 4 is 18.3 Å². The van der Waals surface area contributed by atoms with Crippen LogP contribution in [0, 0.1) is 0 Å². The van der Waals surface area contributed by atoms with E-state index in [4.69, 9.17) is 5.73 Å². The molecule has 1 heterocycles. The molecule has 5 heteroatoms. The summed E-state index contributed by atoms with van der Waals surface area (Å²) in [5.41, 5.74) is 6.84. The lowest BCUT2D eigenvalue weighted by Crippen LogP contribution is -2.53. The van der Waals surface area contributed by atoms with Crippen molar-refractivity contribution in [3.05, 3.63) is 35.9 Å². The number of nitrogens with two attached hydrogens (primary N) is 1. The minimum absolute atomic E-state index is 0. The van der Waals surface area contributed by atoms with Gasteiger partial charge in [0.2, 0.25) is 5.91 Å². The van der Waals surface area contributed by atoms with E-state index in [1.807, 2.05) is 17.9 Å². The Bertz CT molecular complexity index is 507. The van der Waals surface area contributed by atoms with E-state index >= 15 is 0 Å². The van der Waals surface area contributed by atoms with E-state index in [2.05, 4.69) is 43.0 Å². The third kappa shape index (κ3) is 5.47. The first kappa shape index (κ1) is 20.9. The third-order valence-corrected chi connectivity index (χ3v) is 4.87. The molecule has 0 aliphatic carbocycles. The van der Waals surface area contributed by atoms with Gasteiger partial charge in [0, 0.05) is 32.2 Å². The highest BCUT2D eigenvalue weighted by Crippen LogP contribution is 2.18. The summed E-state index contributed by atoms with van der Waals surface area (Å²) in [6, 6.07) is 11.0. The van der Waals surface area contributed by atoms with E-state index in [0.717, 1.165) is 45.4 Å². The summed E-state index contributed by atoms with van der Waals surface area (Å²) in [4.78, 5) is 17.2. The topological polar surface area (TPSA) is 49.6 Å². The Kier molecular flexibility index (Phi) is 8.20. The number of hydrogen-bond donors (Lipinski definition) is 1. The number of rotatable bonds is 5. The molecule has 0 spiro atoms. The van der Waals surface area contributed by atoms with E-state index in [0.29, 0.717) is 6.04 Å². The maximum Gasteiger partial charge on any atom is 0.242 e. The van der Waals surface area contributed by atoms with Gasteiger partial charge in [-0.1, -0.05) is 43.7 Å². The predicted molar refractivity (Wildman–Crippen MR) is 102 cm³/mol. The fourth-order valence-electron chi connectivity index (χ4n) is 3.35. The second-order valence-corrected chi connectivity index (χ2v) is 7.05. The summed E-state index contributed by atoms with van der Waals surface area (Å²) in [6.07, 6.45) is 2.68. The van der Waals surface area contributed by atoms with Crippen LogP contribution in [0.3, 0.4) is 0 Å². The van der Waals surface area contributed by atoms with Crippen LogP contribution in [0.1, 0.15) is 45.6 Å². The number of benzene rings is 1. The molecule has 0 bridgehead atoms. The minimum Gasteiger partial charge on any atom is -0.340 e. The molecule has 2 N–H and O–H groups in total. The molecule has 1 aromatic rings. The summed E-state index contributed by atoms with van der Waals surface area (Å²) >= 11 is 0. The van der Waals surface area contributed by atoms with Gasteiger partial charge in [-0.05, 0) is 32.3 Å². The van der Waals surface area contributed by atoms with Crippen molar-refractivity contribution < 1.29 is 4.79 Å². The van der Waals surface area contributed by atoms with E-state index < -0.39 is 5.54 Å². The van der Waals surface area contributed by atoms with Crippen molar-refractivity contribution in [1.82, 2.24) is 9.80 Å². The van der Waals surface area contributed by atoms with Gasteiger partial charge >= 0.3 is 0 Å². The van der Waals surface area contributed by atoms with Gasteiger partial charge in [-0.3, -0.25) is 9.69 Å². The number of carbonyl (C=O) groups is 1. The summed E-state index contributed by atoms with van der Waals surface area (Å²) in [5.74, 6) is 0.105. The van der Waals surface area contributed by atoms with Crippen LogP contribution in [0.2, 0.25) is 0 Å². The molecule has 1 amide bonds. The second kappa shape index (κ2) is 9.40. The molecule has 1 fully saturated rings. The number of amides is 1. The van der Waals surface area contributed by atoms with Crippen LogP contribution < -0.4 is 5.73 Å². The van der Waals surface area contributed by atoms with Crippen molar-refractivity contribution in [1.29, 1.82) is 0 Å². The van der Waals surface area contributed by atoms with Crippen molar-refractivity contribution in [2.75, 3.05) is 19.6 Å². The molecule has 1 aliphatic heterocycles. The maximum absolute atomic E-state index is 12.7. The molecule has 24 heavy (non-hydrogen) atoms. The molecule has 0 radical (unpaired) electrons. The summed E-state index contributed by atoms with van der Waals surface area (Å²) in [7, 11) is 0. The van der Waals surface area contributed by atoms with Crippen LogP contribution in [-0.2, 0) is 11.3 Å². The SMILES string of the molecule is CCCC(C)(N)C(=O)N1CCC(C)N(Cc2ccccc2)CC1.Cl. The summed E-state index contributed by atoms with van der Waals surface area (Å²) in [6.45, 7) is 9.63. The zero-order chi connectivity index (χ0) is 16.9. The van der Waals surface area contributed by atoms with Gasteiger partial charge in [-0.2, -0.15) is 0 Å². The predicted octanol–water partition coefficient (Wildman–Crippen LogP) is 3.05. The molecule has 0 saturated carbocycles. The summed E-state index contributed by atoms with van der Waals surface area (Å²) < 4.78 is 0. The highest BCUT2D eigenvalue weighted by Gasteiger charge is 2.33. The van der Waals surface area contributed by atoms with Crippen LogP contribution >= 0.6 is 12.4 Å². The Morgan fingerprint density at radius 3 is 2.54 bits per heavy atom. The van der Waals surface area contributed by atoms with E-state index in [9.17, 15) is 4.79 Å². The quantitative estimate of drug-likeness (QED) is 0.885. The largest absolute Gasteiger partial charge is 0.340 e. The van der Waals surface area contributed by atoms with Gasteiger partial charge in [-0.25, -0.2) is 0 Å². The van der Waals surface area contributed by atoms with E-state index in [-0.39, 0.29) is 18.3 Å². The van der Waals surface area contributed by atoms with Gasteiger partial charge in [-0.15, -0.1) is 12.4 Å². The number of hydrogen-bond acceptors (Lipinski definition) is 3. The van der Waals surface area contributed by atoms with Crippen LogP contribution in [0.5, 0.6) is 0 Å². The first-order chi connectivity index (χ1) is 10.9. The molecule has 1 saturated heterocycles. The van der Waals surface area contributed by atoms with Gasteiger partial charge in [0.15, 0.2) is 0 Å². The van der Waals surface area contributed by atoms with Crippen molar-refractivity contribution in [3.8, 4) is 0 Å². The standard InChI is InChI=1S/C19H31N3O.ClH/c1-4-11-19(3,20)18(23)21-12-10-16(2)22(14-13-21)15-17-8-6-5-7-9-17;/h5-9,16H,4,10-15,20H2,1-3H3;1H. The zero-order valence-corrected chi connectivity index (χ0v) is 16.0. The molecule has 1 aliphatic rings. The fraction of sp³-hybridized carbons (Fsp3) is 0.632. The third-order valence-electron chi connectivity index (χ3n) is 4.87. The van der Waals surface area contributed by atoms with Crippen molar-refractivity contribution in [2.45, 2.75) is 58.2 Å². The molecule has 1 aromatic carbocycles. The van der Waals surface area contributed by atoms with Crippen molar-refractivity contribution in [3.63, 3.8) is 0 Å². The maximum atomic E-state index is 12.7. The normalized spacial score (nSPS) is 21.5. The Hall–Kier alpha value is -1.10. The molecule has 2 unspecified atom stereocenters. The van der Waals surface area contributed by atoms with Crippen molar-refractivity contribution in [2.24, 2.45) is 5.73 Å². The first-order valence-electron chi connectivity index (χ1n) is 8.80. The minimum atomic E-state index is -0.730. The molecular formula is C19H32ClN3O. The van der Waals surface area contributed by atoms with E-state index in [1.54, 1.807) is 0 Å². The molecular weight excluding hydrogens is 322 g/mol. The number of halogens is 1. The van der Waals surface area contributed by atoms with Crippen LogP contribution in [0.25, 0.3) is 0 Å². The Morgan fingerprint density at radius 1 is 1.25 bits per heavy atom. The highest BCUT2D eigenvalue weighted by molar-refractivity contribution is 5.86. The second-order valence-electron chi connectivity index (χ2n) is 7.05. The summed E-state index contributed by atoms with van der Waals surface area (Å²) in [5, 5.41) is 0. The lowest BCUT2D eigenvalue weighted by molar-refractivity contribution is -0.136. The van der Waals surface area contributed by atoms with Gasteiger partial charge in [0.05, 0.1) is 5.54 Å². The molecule has 0 aromatic heterocycles. The lowest BCUT2D eigenvalue weighted by atomic mass is 9.95. The molecule has 2 rings (SSSR count). The molecule has 136 valence electrons. The Morgan fingerprint density at radius 2 is 1.92 bits per heavy atom. The van der Waals surface area contributed by atoms with E-state index in [1.165, 1.54) is 5.56 Å². The highest BCUT2D eigenvalue weighted by atomic mass is 35.5. The Balaban J connectivity index is 0.00000288. The average molecular weight is 354 g/mol. The Labute approximate surface area is 152 Å². The van der Waals surface area contributed by atoms with Crippen LogP contribution in [0.15, 0.2) is 30.3 Å². The molecule has 4 nitrogen and oxygen atoms in total. The van der Waals surface area contributed by atoms with Gasteiger partial charge < -0.3 is 10.6 Å². The number of nitrogens with zero attached hydrogens (tertiary/aromatic N) is 2. The lowest BCUT2D eigenvalue weighted by Gasteiger charge is -2.31. The molecule has 2 atom stereocenters. The number of carbonyl (C=O) groups excluding carboxylic acids is 1. The fourth-order valence-corrected chi connectivity index (χ4v) is 3.35. The monoisotopic (exact) mass is 353 g/mol. The smallest absolute Gasteiger partial charge is 0.242 e. The zero-order valence-electron chi connectivity index (χ0n) is 15.2. The average Bonchev–Trinajstić information content (AvgIpc) is 2.70. The van der Waals surface area contributed by atoms with Gasteiger partial charge in [0.1, 0.15) is 0 Å².